The monoisotopic (exact) mass is 314 g/mol. The summed E-state index contributed by atoms with van der Waals surface area (Å²) in [4.78, 5) is 14.1. The van der Waals surface area contributed by atoms with E-state index < -0.39 is 10.0 Å². The normalized spacial score (nSPS) is 18.2. The van der Waals surface area contributed by atoms with Crippen LogP contribution in [0, 0.1) is 12.3 Å². The molecule has 1 aromatic heterocycles. The van der Waals surface area contributed by atoms with Crippen LogP contribution in [-0.4, -0.2) is 32.3 Å². The summed E-state index contributed by atoms with van der Waals surface area (Å²) in [7, 11) is -3.87. The number of rotatable bonds is 4. The minimum absolute atomic E-state index is 0.0412. The molecular formula is C14H22N2O4S. The summed E-state index contributed by atoms with van der Waals surface area (Å²) in [6, 6.07) is 1.23. The van der Waals surface area contributed by atoms with Crippen LogP contribution in [0.3, 0.4) is 0 Å². The first-order valence-corrected chi connectivity index (χ1v) is 8.69. The van der Waals surface area contributed by atoms with Gasteiger partial charge in [-0.15, -0.1) is 0 Å². The summed E-state index contributed by atoms with van der Waals surface area (Å²) >= 11 is 0. The maximum absolute atomic E-state index is 12.5. The standard InChI is InChI=1S/C14H22N2O4S/c1-4-14(5-2)6-7-16(9-14)13(17)11-8-12(10(3)20-11)21(15,18)19/h8H,4-7,9H2,1-3H3,(H2,15,18,19). The lowest BCUT2D eigenvalue weighted by atomic mass is 9.82. The zero-order chi connectivity index (χ0) is 15.8. The molecule has 0 spiro atoms. The molecule has 1 fully saturated rings. The van der Waals surface area contributed by atoms with Gasteiger partial charge < -0.3 is 9.32 Å². The SMILES string of the molecule is CCC1(CC)CCN(C(=O)c2cc(S(N)(=O)=O)c(C)o2)C1. The number of hydrogen-bond acceptors (Lipinski definition) is 4. The highest BCUT2D eigenvalue weighted by Gasteiger charge is 2.38. The molecule has 0 aromatic carbocycles. The summed E-state index contributed by atoms with van der Waals surface area (Å²) in [6.45, 7) is 7.11. The lowest BCUT2D eigenvalue weighted by molar-refractivity contribution is 0.0737. The van der Waals surface area contributed by atoms with Gasteiger partial charge in [0.25, 0.3) is 5.91 Å². The van der Waals surface area contributed by atoms with Gasteiger partial charge in [0.15, 0.2) is 5.76 Å². The van der Waals surface area contributed by atoms with Crippen molar-refractivity contribution in [2.75, 3.05) is 13.1 Å². The van der Waals surface area contributed by atoms with E-state index in [2.05, 4.69) is 13.8 Å². The maximum Gasteiger partial charge on any atom is 0.289 e. The highest BCUT2D eigenvalue weighted by Crippen LogP contribution is 2.37. The first-order chi connectivity index (χ1) is 9.72. The molecule has 2 heterocycles. The van der Waals surface area contributed by atoms with Gasteiger partial charge in [-0.1, -0.05) is 13.8 Å². The predicted octanol–water partition coefficient (Wildman–Crippen LogP) is 1.89. The zero-order valence-electron chi connectivity index (χ0n) is 12.7. The van der Waals surface area contributed by atoms with E-state index in [0.717, 1.165) is 19.3 Å². The molecule has 0 aliphatic carbocycles. The number of nitrogens with zero attached hydrogens (tertiary/aromatic N) is 1. The van der Waals surface area contributed by atoms with E-state index in [-0.39, 0.29) is 27.7 Å². The van der Waals surface area contributed by atoms with Crippen LogP contribution in [0.1, 0.15) is 49.4 Å². The smallest absolute Gasteiger partial charge is 0.289 e. The fourth-order valence-corrected chi connectivity index (χ4v) is 3.66. The highest BCUT2D eigenvalue weighted by molar-refractivity contribution is 7.89. The Morgan fingerprint density at radius 1 is 1.43 bits per heavy atom. The minimum Gasteiger partial charge on any atom is -0.455 e. The molecule has 7 heteroatoms. The second-order valence-corrected chi connectivity index (χ2v) is 7.29. The van der Waals surface area contributed by atoms with Crippen molar-refractivity contribution in [1.82, 2.24) is 4.90 Å². The Morgan fingerprint density at radius 3 is 2.48 bits per heavy atom. The molecule has 0 saturated carbocycles. The fraction of sp³-hybridized carbons (Fsp3) is 0.643. The van der Waals surface area contributed by atoms with Gasteiger partial charge in [0.2, 0.25) is 10.0 Å². The summed E-state index contributed by atoms with van der Waals surface area (Å²) < 4.78 is 28.1. The second kappa shape index (κ2) is 5.46. The number of nitrogens with two attached hydrogens (primary N) is 1. The third-order valence-corrected chi connectivity index (χ3v) is 5.63. The van der Waals surface area contributed by atoms with Crippen molar-refractivity contribution in [2.24, 2.45) is 10.6 Å². The Kier molecular flexibility index (Phi) is 4.17. The van der Waals surface area contributed by atoms with Gasteiger partial charge >= 0.3 is 0 Å². The topological polar surface area (TPSA) is 93.6 Å². The van der Waals surface area contributed by atoms with Crippen LogP contribution >= 0.6 is 0 Å². The molecule has 1 saturated heterocycles. The van der Waals surface area contributed by atoms with Crippen molar-refractivity contribution >= 4 is 15.9 Å². The molecule has 1 aromatic rings. The minimum atomic E-state index is -3.87. The van der Waals surface area contributed by atoms with E-state index in [9.17, 15) is 13.2 Å². The number of furan rings is 1. The number of aryl methyl sites for hydroxylation is 1. The van der Waals surface area contributed by atoms with Crippen molar-refractivity contribution in [3.05, 3.63) is 17.6 Å². The van der Waals surface area contributed by atoms with E-state index in [4.69, 9.17) is 9.56 Å². The number of primary sulfonamides is 1. The molecule has 2 rings (SSSR count). The van der Waals surface area contributed by atoms with Crippen molar-refractivity contribution in [2.45, 2.75) is 44.9 Å². The molecule has 2 N–H and O–H groups in total. The third kappa shape index (κ3) is 2.98. The van der Waals surface area contributed by atoms with Gasteiger partial charge in [-0.25, -0.2) is 13.6 Å². The average molecular weight is 314 g/mol. The predicted molar refractivity (Wildman–Crippen MR) is 78.4 cm³/mol. The molecular weight excluding hydrogens is 292 g/mol. The molecule has 1 aliphatic rings. The molecule has 21 heavy (non-hydrogen) atoms. The van der Waals surface area contributed by atoms with Crippen LogP contribution in [0.15, 0.2) is 15.4 Å². The van der Waals surface area contributed by atoms with Gasteiger partial charge in [-0.05, 0) is 31.6 Å². The molecule has 0 bridgehead atoms. The third-order valence-electron chi connectivity index (χ3n) is 4.62. The molecule has 118 valence electrons. The van der Waals surface area contributed by atoms with E-state index in [1.165, 1.54) is 13.0 Å². The zero-order valence-corrected chi connectivity index (χ0v) is 13.5. The molecule has 1 amide bonds. The Labute approximate surface area is 125 Å². The molecule has 0 atom stereocenters. The number of likely N-dealkylation sites (tertiary alicyclic amines) is 1. The first kappa shape index (κ1) is 16.0. The van der Waals surface area contributed by atoms with Gasteiger partial charge in [0.1, 0.15) is 10.7 Å². The molecule has 6 nitrogen and oxygen atoms in total. The average Bonchev–Trinajstić information content (AvgIpc) is 3.01. The Morgan fingerprint density at radius 2 is 2.05 bits per heavy atom. The molecule has 0 unspecified atom stereocenters. The molecule has 1 aliphatic heterocycles. The highest BCUT2D eigenvalue weighted by atomic mass is 32.2. The van der Waals surface area contributed by atoms with E-state index in [0.29, 0.717) is 13.1 Å². The van der Waals surface area contributed by atoms with Gasteiger partial charge in [0, 0.05) is 19.2 Å². The molecule has 0 radical (unpaired) electrons. The first-order valence-electron chi connectivity index (χ1n) is 7.15. The fourth-order valence-electron chi connectivity index (χ4n) is 2.94. The van der Waals surface area contributed by atoms with Gasteiger partial charge in [0.05, 0.1) is 0 Å². The van der Waals surface area contributed by atoms with Gasteiger partial charge in [-0.3, -0.25) is 4.79 Å². The quantitative estimate of drug-likeness (QED) is 0.918. The lowest BCUT2D eigenvalue weighted by Gasteiger charge is -2.26. The number of amides is 1. The van der Waals surface area contributed by atoms with Crippen LogP contribution in [0.5, 0.6) is 0 Å². The van der Waals surface area contributed by atoms with Crippen molar-refractivity contribution in [3.63, 3.8) is 0 Å². The number of carbonyl (C=O) groups is 1. The lowest BCUT2D eigenvalue weighted by Crippen LogP contribution is -2.31. The van der Waals surface area contributed by atoms with Crippen LogP contribution in [-0.2, 0) is 10.0 Å². The largest absolute Gasteiger partial charge is 0.455 e. The van der Waals surface area contributed by atoms with Crippen LogP contribution in [0.2, 0.25) is 0 Å². The van der Waals surface area contributed by atoms with Crippen LogP contribution in [0.4, 0.5) is 0 Å². The van der Waals surface area contributed by atoms with Crippen molar-refractivity contribution in [1.29, 1.82) is 0 Å². The van der Waals surface area contributed by atoms with E-state index in [1.807, 2.05) is 0 Å². The van der Waals surface area contributed by atoms with Crippen molar-refractivity contribution in [3.8, 4) is 0 Å². The summed E-state index contributed by atoms with van der Waals surface area (Å²) in [5, 5.41) is 5.10. The number of carbonyl (C=O) groups excluding carboxylic acids is 1. The Balaban J connectivity index is 2.23. The van der Waals surface area contributed by atoms with E-state index in [1.54, 1.807) is 4.90 Å². The van der Waals surface area contributed by atoms with Crippen molar-refractivity contribution < 1.29 is 17.6 Å². The maximum atomic E-state index is 12.5. The van der Waals surface area contributed by atoms with Crippen LogP contribution in [0.25, 0.3) is 0 Å². The Hall–Kier alpha value is -1.34. The summed E-state index contributed by atoms with van der Waals surface area (Å²) in [6.07, 6.45) is 3.01. The van der Waals surface area contributed by atoms with E-state index >= 15 is 0 Å². The Bertz CT molecular complexity index is 644. The number of sulfonamides is 1. The van der Waals surface area contributed by atoms with Gasteiger partial charge in [-0.2, -0.15) is 0 Å². The number of hydrogen-bond donors (Lipinski definition) is 1. The van der Waals surface area contributed by atoms with Crippen LogP contribution < -0.4 is 5.14 Å². The summed E-state index contributed by atoms with van der Waals surface area (Å²) in [5.41, 5.74) is 0.167. The summed E-state index contributed by atoms with van der Waals surface area (Å²) in [5.74, 6) is -0.0754. The second-order valence-electron chi connectivity index (χ2n) is 5.76.